The van der Waals surface area contributed by atoms with Crippen LogP contribution in [0, 0.1) is 12.8 Å². The average Bonchev–Trinajstić information content (AvgIpc) is 3.61. The molecule has 35 heavy (non-hydrogen) atoms. The van der Waals surface area contributed by atoms with Crippen LogP contribution in [0.25, 0.3) is 0 Å². The number of amides is 3. The fourth-order valence-electron chi connectivity index (χ4n) is 4.83. The van der Waals surface area contributed by atoms with E-state index in [1.807, 2.05) is 29.5 Å². The Balaban J connectivity index is 1.29. The topological polar surface area (TPSA) is 99.8 Å². The number of anilines is 1. The van der Waals surface area contributed by atoms with Gasteiger partial charge in [-0.3, -0.25) is 19.3 Å². The Bertz CT molecular complexity index is 1260. The molecule has 4 heterocycles. The van der Waals surface area contributed by atoms with Gasteiger partial charge in [-0.25, -0.2) is 4.63 Å². The van der Waals surface area contributed by atoms with E-state index in [-0.39, 0.29) is 36.2 Å². The van der Waals surface area contributed by atoms with Gasteiger partial charge in [-0.15, -0.1) is 11.3 Å². The van der Waals surface area contributed by atoms with Crippen LogP contribution >= 0.6 is 11.3 Å². The second-order valence-corrected chi connectivity index (χ2v) is 10.1. The minimum Gasteiger partial charge on any atom is -0.371 e. The van der Waals surface area contributed by atoms with Gasteiger partial charge in [0.25, 0.3) is 11.8 Å². The summed E-state index contributed by atoms with van der Waals surface area (Å²) in [6, 6.07) is 9.46. The van der Waals surface area contributed by atoms with Crippen molar-refractivity contribution in [3.05, 3.63) is 63.1 Å². The molecule has 1 saturated heterocycles. The molecule has 2 aromatic heterocycles. The molecule has 2 aliphatic rings. The summed E-state index contributed by atoms with van der Waals surface area (Å²) in [7, 11) is 1.87. The van der Waals surface area contributed by atoms with Gasteiger partial charge in [0.1, 0.15) is 11.4 Å². The van der Waals surface area contributed by atoms with Crippen LogP contribution in [0.1, 0.15) is 62.8 Å². The number of benzene rings is 1. The number of carbonyl (C=O) groups excluding carboxylic acids is 3. The third-order valence-electron chi connectivity index (χ3n) is 7.10. The second-order valence-electron chi connectivity index (χ2n) is 9.09. The Morgan fingerprint density at radius 2 is 1.94 bits per heavy atom. The Hall–Kier alpha value is -3.53. The van der Waals surface area contributed by atoms with Gasteiger partial charge >= 0.3 is 0 Å². The number of hydrogen-bond donors (Lipinski definition) is 0. The zero-order valence-corrected chi connectivity index (χ0v) is 20.7. The van der Waals surface area contributed by atoms with Gasteiger partial charge in [0, 0.05) is 30.9 Å². The number of aryl methyl sites for hydroxylation is 1. The summed E-state index contributed by atoms with van der Waals surface area (Å²) in [5.41, 5.74) is 2.56. The zero-order valence-electron chi connectivity index (χ0n) is 19.9. The number of hydrogen-bond acceptors (Lipinski definition) is 8. The number of imide groups is 1. The lowest BCUT2D eigenvalue weighted by Crippen LogP contribution is -2.42. The molecular weight excluding hydrogens is 466 g/mol. The van der Waals surface area contributed by atoms with Gasteiger partial charge in [0.15, 0.2) is 0 Å². The summed E-state index contributed by atoms with van der Waals surface area (Å²) in [6.45, 7) is 5.08. The van der Waals surface area contributed by atoms with E-state index < -0.39 is 0 Å². The van der Waals surface area contributed by atoms with Crippen LogP contribution in [0.15, 0.2) is 40.3 Å². The first-order valence-electron chi connectivity index (χ1n) is 11.7. The van der Waals surface area contributed by atoms with Crippen LogP contribution in [0.5, 0.6) is 0 Å². The Morgan fingerprint density at radius 3 is 2.60 bits per heavy atom. The fraction of sp³-hybridized carbons (Fsp3) is 0.400. The Kier molecular flexibility index (Phi) is 6.14. The summed E-state index contributed by atoms with van der Waals surface area (Å²) >= 11 is 1.66. The molecule has 3 amide bonds. The number of piperidine rings is 1. The van der Waals surface area contributed by atoms with Gasteiger partial charge in [0.05, 0.1) is 29.4 Å². The van der Waals surface area contributed by atoms with E-state index >= 15 is 0 Å². The summed E-state index contributed by atoms with van der Waals surface area (Å²) in [5, 5.41) is 9.57. The molecule has 5 rings (SSSR count). The summed E-state index contributed by atoms with van der Waals surface area (Å²) in [6.07, 6.45) is 1.39. The highest BCUT2D eigenvalue weighted by molar-refractivity contribution is 7.10. The number of aromatic nitrogens is 2. The van der Waals surface area contributed by atoms with E-state index in [1.165, 1.54) is 9.78 Å². The molecule has 2 aliphatic heterocycles. The predicted octanol–water partition coefficient (Wildman–Crippen LogP) is 3.67. The van der Waals surface area contributed by atoms with E-state index in [9.17, 15) is 14.4 Å². The van der Waals surface area contributed by atoms with Crippen LogP contribution in [0.3, 0.4) is 0 Å². The average molecular weight is 494 g/mol. The lowest BCUT2D eigenvalue weighted by atomic mass is 9.93. The van der Waals surface area contributed by atoms with Gasteiger partial charge in [-0.1, -0.05) is 22.4 Å². The van der Waals surface area contributed by atoms with E-state index in [2.05, 4.69) is 28.2 Å². The van der Waals surface area contributed by atoms with Gasteiger partial charge in [-0.05, 0) is 50.3 Å². The first-order chi connectivity index (χ1) is 16.9. The maximum Gasteiger partial charge on any atom is 0.264 e. The molecule has 0 spiro atoms. The molecule has 1 fully saturated rings. The van der Waals surface area contributed by atoms with E-state index in [0.29, 0.717) is 48.4 Å². The maximum atomic E-state index is 13.3. The highest BCUT2D eigenvalue weighted by Crippen LogP contribution is 2.35. The number of rotatable bonds is 6. The SMILES string of the molecule is Cc1nonc1CN1C(=O)c2cccc(N3CCC(C(=O)N(C)[C@H](C)c4cccs4)CC3)c2C1=O. The number of thiophene rings is 1. The van der Waals surface area contributed by atoms with Crippen LogP contribution in [-0.2, 0) is 11.3 Å². The van der Waals surface area contributed by atoms with Crippen molar-refractivity contribution in [3.8, 4) is 0 Å². The monoisotopic (exact) mass is 493 g/mol. The molecule has 0 unspecified atom stereocenters. The standard InChI is InChI=1S/C25H27N5O4S/c1-15-19(27-34-26-15)14-30-24(32)18-6-4-7-20(22(18)25(30)33)29-11-9-17(10-12-29)23(31)28(3)16(2)21-8-5-13-35-21/h4-8,13,16-17H,9-12,14H2,1-3H3/t16-/m1/s1. The lowest BCUT2D eigenvalue weighted by molar-refractivity contribution is -0.136. The first kappa shape index (κ1) is 23.2. The van der Waals surface area contributed by atoms with E-state index in [4.69, 9.17) is 4.63 Å². The number of nitrogens with zero attached hydrogens (tertiary/aromatic N) is 5. The fourth-order valence-corrected chi connectivity index (χ4v) is 5.66. The minimum absolute atomic E-state index is 0.0203. The van der Waals surface area contributed by atoms with Crippen LogP contribution in [0.2, 0.25) is 0 Å². The molecule has 1 atom stereocenters. The van der Waals surface area contributed by atoms with Gasteiger partial charge in [-0.2, -0.15) is 0 Å². The van der Waals surface area contributed by atoms with Crippen molar-refractivity contribution < 1.29 is 19.0 Å². The second kappa shape index (κ2) is 9.26. The normalized spacial score (nSPS) is 17.1. The van der Waals surface area contributed by atoms with Crippen molar-refractivity contribution in [2.24, 2.45) is 5.92 Å². The van der Waals surface area contributed by atoms with E-state index in [1.54, 1.807) is 30.4 Å². The van der Waals surface area contributed by atoms with Gasteiger partial charge in [0.2, 0.25) is 5.91 Å². The molecular formula is C25H27N5O4S. The molecule has 3 aromatic rings. The van der Waals surface area contributed by atoms with Crippen molar-refractivity contribution in [1.29, 1.82) is 0 Å². The Morgan fingerprint density at radius 1 is 1.17 bits per heavy atom. The summed E-state index contributed by atoms with van der Waals surface area (Å²) < 4.78 is 4.72. The zero-order chi connectivity index (χ0) is 24.7. The quantitative estimate of drug-likeness (QED) is 0.483. The highest BCUT2D eigenvalue weighted by Gasteiger charge is 2.40. The van der Waals surface area contributed by atoms with Gasteiger partial charge < -0.3 is 9.80 Å². The lowest BCUT2D eigenvalue weighted by Gasteiger charge is -2.36. The highest BCUT2D eigenvalue weighted by atomic mass is 32.1. The molecule has 0 radical (unpaired) electrons. The summed E-state index contributed by atoms with van der Waals surface area (Å²) in [4.78, 5) is 45.8. The van der Waals surface area contributed by atoms with Crippen LogP contribution < -0.4 is 4.90 Å². The largest absolute Gasteiger partial charge is 0.371 e. The first-order valence-corrected chi connectivity index (χ1v) is 12.6. The molecule has 182 valence electrons. The smallest absolute Gasteiger partial charge is 0.264 e. The molecule has 0 aliphatic carbocycles. The molecule has 0 bridgehead atoms. The van der Waals surface area contributed by atoms with Crippen molar-refractivity contribution in [2.75, 3.05) is 25.0 Å². The third-order valence-corrected chi connectivity index (χ3v) is 8.14. The van der Waals surface area contributed by atoms with Crippen molar-refractivity contribution >= 4 is 34.7 Å². The Labute approximate surface area is 207 Å². The predicted molar refractivity (Wildman–Crippen MR) is 130 cm³/mol. The molecule has 0 saturated carbocycles. The van der Waals surface area contributed by atoms with Crippen molar-refractivity contribution in [3.63, 3.8) is 0 Å². The molecule has 0 N–H and O–H groups in total. The van der Waals surface area contributed by atoms with Crippen LogP contribution in [0.4, 0.5) is 5.69 Å². The molecule has 10 heteroatoms. The molecule has 9 nitrogen and oxygen atoms in total. The van der Waals surface area contributed by atoms with E-state index in [0.717, 1.165) is 5.69 Å². The minimum atomic E-state index is -0.344. The number of fused-ring (bicyclic) bond motifs is 1. The third kappa shape index (κ3) is 4.12. The number of carbonyl (C=O) groups is 3. The van der Waals surface area contributed by atoms with Crippen molar-refractivity contribution in [2.45, 2.75) is 39.3 Å². The molecule has 1 aromatic carbocycles. The van der Waals surface area contributed by atoms with Crippen molar-refractivity contribution in [1.82, 2.24) is 20.1 Å². The van der Waals surface area contributed by atoms with Crippen LogP contribution in [-0.4, -0.2) is 58.0 Å². The summed E-state index contributed by atoms with van der Waals surface area (Å²) in [5.74, 6) is -0.598. The maximum absolute atomic E-state index is 13.3.